The second-order valence-electron chi connectivity index (χ2n) is 8.65. The van der Waals surface area contributed by atoms with Gasteiger partial charge in [0.1, 0.15) is 12.1 Å². The molecule has 2 atom stereocenters. The lowest BCUT2D eigenvalue weighted by Gasteiger charge is -2.17. The SMILES string of the molecule is CNC(=O)[C@H](CC(=O)O)NC(=O)CCC(NC(=O)c1ccc(NCc2cnc3nc(N)[nH]c(=O)c3n2)cc1)C(=O)O. The van der Waals surface area contributed by atoms with Crippen LogP contribution in [0.5, 0.6) is 0 Å². The first-order valence-corrected chi connectivity index (χ1v) is 12.1. The molecule has 17 heteroatoms. The van der Waals surface area contributed by atoms with Gasteiger partial charge in [-0.25, -0.2) is 14.8 Å². The number of fused-ring (bicyclic) bond motifs is 1. The van der Waals surface area contributed by atoms with Gasteiger partial charge >= 0.3 is 11.9 Å². The molecule has 1 aromatic carbocycles. The fourth-order valence-corrected chi connectivity index (χ4v) is 3.59. The van der Waals surface area contributed by atoms with Gasteiger partial charge in [-0.1, -0.05) is 0 Å². The molecule has 3 rings (SSSR count). The Morgan fingerprint density at radius 2 is 1.73 bits per heavy atom. The molecule has 17 nitrogen and oxygen atoms in total. The number of rotatable bonds is 13. The van der Waals surface area contributed by atoms with E-state index in [-0.39, 0.29) is 42.1 Å². The molecule has 216 valence electrons. The zero-order valence-corrected chi connectivity index (χ0v) is 21.6. The number of aromatic amines is 1. The van der Waals surface area contributed by atoms with E-state index in [0.717, 1.165) is 0 Å². The predicted octanol–water partition coefficient (Wildman–Crippen LogP) is -1.42. The first-order chi connectivity index (χ1) is 19.5. The predicted molar refractivity (Wildman–Crippen MR) is 143 cm³/mol. The van der Waals surface area contributed by atoms with Crippen molar-refractivity contribution >= 4 is 52.5 Å². The maximum Gasteiger partial charge on any atom is 0.326 e. The number of anilines is 2. The van der Waals surface area contributed by atoms with E-state index in [9.17, 15) is 33.9 Å². The summed E-state index contributed by atoms with van der Waals surface area (Å²) in [5.41, 5.74) is 6.28. The molecule has 0 radical (unpaired) electrons. The number of benzene rings is 1. The average Bonchev–Trinajstić information content (AvgIpc) is 2.93. The minimum Gasteiger partial charge on any atom is -0.481 e. The van der Waals surface area contributed by atoms with Crippen molar-refractivity contribution in [3.05, 3.63) is 52.1 Å². The van der Waals surface area contributed by atoms with E-state index in [4.69, 9.17) is 10.8 Å². The van der Waals surface area contributed by atoms with E-state index in [1.165, 1.54) is 25.4 Å². The van der Waals surface area contributed by atoms with Crippen molar-refractivity contribution in [1.29, 1.82) is 0 Å². The highest BCUT2D eigenvalue weighted by Gasteiger charge is 2.25. The van der Waals surface area contributed by atoms with Crippen molar-refractivity contribution in [3.63, 3.8) is 0 Å². The largest absolute Gasteiger partial charge is 0.481 e. The summed E-state index contributed by atoms with van der Waals surface area (Å²) in [6.45, 7) is 0.189. The fourth-order valence-electron chi connectivity index (χ4n) is 3.59. The highest BCUT2D eigenvalue weighted by atomic mass is 16.4. The number of carbonyl (C=O) groups excluding carboxylic acids is 3. The maximum atomic E-state index is 12.6. The second kappa shape index (κ2) is 13.5. The summed E-state index contributed by atoms with van der Waals surface area (Å²) in [7, 11) is 1.28. The quantitative estimate of drug-likeness (QED) is 0.117. The topological polar surface area (TPSA) is 271 Å². The maximum absolute atomic E-state index is 12.6. The second-order valence-corrected chi connectivity index (χ2v) is 8.65. The molecular weight excluding hydrogens is 542 g/mol. The Morgan fingerprint density at radius 1 is 1.02 bits per heavy atom. The van der Waals surface area contributed by atoms with E-state index in [0.29, 0.717) is 11.4 Å². The van der Waals surface area contributed by atoms with Gasteiger partial charge in [-0.15, -0.1) is 0 Å². The Morgan fingerprint density at radius 3 is 2.37 bits per heavy atom. The van der Waals surface area contributed by atoms with E-state index < -0.39 is 53.7 Å². The number of aliphatic carboxylic acids is 2. The smallest absolute Gasteiger partial charge is 0.326 e. The van der Waals surface area contributed by atoms with Crippen LogP contribution < -0.4 is 32.6 Å². The molecule has 0 spiro atoms. The van der Waals surface area contributed by atoms with E-state index in [1.54, 1.807) is 12.1 Å². The van der Waals surface area contributed by atoms with Gasteiger partial charge in [0, 0.05) is 24.7 Å². The zero-order chi connectivity index (χ0) is 30.1. The van der Waals surface area contributed by atoms with Crippen LogP contribution in [0.3, 0.4) is 0 Å². The number of nitrogen functional groups attached to an aromatic ring is 1. The number of amides is 3. The molecule has 0 fully saturated rings. The standard InChI is InChI=1S/C24H27N9O8/c1-26-21(38)15(8-17(35)36)30-16(34)7-6-14(23(40)41)31-20(37)11-2-4-12(5-3-11)27-9-13-10-28-19-18(29-13)22(39)33-24(25)32-19/h2-5,10,14-15,27H,6-9H2,1H3,(H,26,38)(H,30,34)(H,31,37)(H,35,36)(H,40,41)(H3,25,28,32,33,39)/t14?,15-/m0/s1. The number of nitrogens with one attached hydrogen (secondary N) is 5. The Labute approximate surface area is 231 Å². The van der Waals surface area contributed by atoms with E-state index in [2.05, 4.69) is 41.2 Å². The molecule has 9 N–H and O–H groups in total. The van der Waals surface area contributed by atoms with Gasteiger partial charge in [-0.05, 0) is 30.7 Å². The normalized spacial score (nSPS) is 12.1. The summed E-state index contributed by atoms with van der Waals surface area (Å²) in [5.74, 6) is -4.94. The molecule has 0 aliphatic rings. The number of aromatic nitrogens is 4. The van der Waals surface area contributed by atoms with Crippen LogP contribution in [0, 0.1) is 0 Å². The van der Waals surface area contributed by atoms with Crippen LogP contribution in [-0.4, -0.2) is 78.9 Å². The summed E-state index contributed by atoms with van der Waals surface area (Å²) in [5, 5.41) is 28.3. The molecule has 0 aliphatic carbocycles. The number of likely N-dealkylation sites (N-methyl/N-ethyl adjacent to an activating group) is 1. The van der Waals surface area contributed by atoms with Crippen LogP contribution in [0.2, 0.25) is 0 Å². The lowest BCUT2D eigenvalue weighted by atomic mass is 10.1. The summed E-state index contributed by atoms with van der Waals surface area (Å²) in [4.78, 5) is 85.7. The van der Waals surface area contributed by atoms with Gasteiger partial charge in [0.25, 0.3) is 11.5 Å². The molecule has 0 saturated carbocycles. The summed E-state index contributed by atoms with van der Waals surface area (Å²) in [6, 6.07) is 3.29. The van der Waals surface area contributed by atoms with Crippen LogP contribution in [0.4, 0.5) is 11.6 Å². The third-order valence-electron chi connectivity index (χ3n) is 5.65. The Hall–Kier alpha value is -5.61. The molecule has 2 aromatic heterocycles. The molecule has 1 unspecified atom stereocenters. The Balaban J connectivity index is 1.55. The van der Waals surface area contributed by atoms with Gasteiger partial charge < -0.3 is 37.2 Å². The van der Waals surface area contributed by atoms with Gasteiger partial charge in [-0.3, -0.25) is 29.0 Å². The monoisotopic (exact) mass is 569 g/mol. The number of carbonyl (C=O) groups is 5. The Kier molecular flexibility index (Phi) is 9.82. The van der Waals surface area contributed by atoms with Crippen molar-refractivity contribution in [3.8, 4) is 0 Å². The molecule has 0 saturated heterocycles. The fraction of sp³-hybridized carbons (Fsp3) is 0.292. The van der Waals surface area contributed by atoms with Gasteiger partial charge in [-0.2, -0.15) is 4.98 Å². The average molecular weight is 570 g/mol. The number of hydrogen-bond donors (Lipinski definition) is 8. The summed E-state index contributed by atoms with van der Waals surface area (Å²) in [6.07, 6.45) is 0.0795. The number of nitrogens with two attached hydrogens (primary N) is 1. The number of carboxylic acid groups (broad SMARTS) is 2. The van der Waals surface area contributed by atoms with Crippen LogP contribution in [0.15, 0.2) is 35.3 Å². The molecule has 3 aromatic rings. The van der Waals surface area contributed by atoms with Crippen molar-refractivity contribution in [2.24, 2.45) is 0 Å². The first kappa shape index (κ1) is 29.9. The minimum absolute atomic E-state index is 0.0301. The third kappa shape index (κ3) is 8.44. The summed E-state index contributed by atoms with van der Waals surface area (Å²) >= 11 is 0. The molecule has 41 heavy (non-hydrogen) atoms. The van der Waals surface area contributed by atoms with Crippen molar-refractivity contribution in [2.75, 3.05) is 18.1 Å². The molecule has 0 bridgehead atoms. The molecule has 2 heterocycles. The first-order valence-electron chi connectivity index (χ1n) is 12.1. The van der Waals surface area contributed by atoms with Crippen molar-refractivity contribution in [1.82, 2.24) is 35.9 Å². The lowest BCUT2D eigenvalue weighted by molar-refractivity contribution is -0.140. The minimum atomic E-state index is -1.43. The van der Waals surface area contributed by atoms with E-state index >= 15 is 0 Å². The van der Waals surface area contributed by atoms with Crippen molar-refractivity contribution in [2.45, 2.75) is 37.9 Å². The third-order valence-corrected chi connectivity index (χ3v) is 5.65. The zero-order valence-electron chi connectivity index (χ0n) is 21.6. The molecular formula is C24H27N9O8. The summed E-state index contributed by atoms with van der Waals surface area (Å²) < 4.78 is 0. The van der Waals surface area contributed by atoms with Crippen LogP contribution in [0.25, 0.3) is 11.2 Å². The lowest BCUT2D eigenvalue weighted by Crippen LogP contribution is -2.47. The van der Waals surface area contributed by atoms with Crippen LogP contribution >= 0.6 is 0 Å². The van der Waals surface area contributed by atoms with Gasteiger partial charge in [0.2, 0.25) is 17.8 Å². The highest BCUT2D eigenvalue weighted by Crippen LogP contribution is 2.12. The van der Waals surface area contributed by atoms with E-state index in [1.807, 2.05) is 0 Å². The number of carboxylic acids is 2. The molecule has 0 aliphatic heterocycles. The van der Waals surface area contributed by atoms with Crippen molar-refractivity contribution < 1.29 is 34.2 Å². The van der Waals surface area contributed by atoms with Gasteiger partial charge in [0.05, 0.1) is 24.9 Å². The van der Waals surface area contributed by atoms with Crippen LogP contribution in [-0.2, 0) is 25.7 Å². The molecule has 3 amide bonds. The number of H-pyrrole nitrogens is 1. The highest BCUT2D eigenvalue weighted by molar-refractivity contribution is 5.97. The number of nitrogens with zero attached hydrogens (tertiary/aromatic N) is 3. The van der Waals surface area contributed by atoms with Gasteiger partial charge in [0.15, 0.2) is 11.2 Å². The van der Waals surface area contributed by atoms with Crippen LogP contribution in [0.1, 0.15) is 35.3 Å². The number of hydrogen-bond acceptors (Lipinski definition) is 11. The Bertz CT molecular complexity index is 1520.